The molecule has 1 aliphatic carbocycles. The predicted octanol–water partition coefficient (Wildman–Crippen LogP) is 2.21. The van der Waals surface area contributed by atoms with Crippen molar-refractivity contribution in [2.24, 2.45) is 11.7 Å². The number of rotatable bonds is 4. The minimum Gasteiger partial charge on any atom is -0.381 e. The average Bonchev–Trinajstić information content (AvgIpc) is 2.99. The maximum absolute atomic E-state index is 6.43. The Labute approximate surface area is 109 Å². The molecule has 4 heteroatoms. The molecule has 18 heavy (non-hydrogen) atoms. The number of aromatic nitrogens is 2. The van der Waals surface area contributed by atoms with Gasteiger partial charge < -0.3 is 15.0 Å². The van der Waals surface area contributed by atoms with Crippen molar-refractivity contribution in [2.45, 2.75) is 50.6 Å². The molecule has 2 N–H and O–H groups in total. The molecule has 1 aromatic heterocycles. The Morgan fingerprint density at radius 2 is 2.44 bits per heavy atom. The first kappa shape index (κ1) is 12.2. The Morgan fingerprint density at radius 1 is 1.61 bits per heavy atom. The highest BCUT2D eigenvalue weighted by Gasteiger charge is 2.39. The summed E-state index contributed by atoms with van der Waals surface area (Å²) in [4.78, 5) is 4.35. The molecule has 2 fully saturated rings. The topological polar surface area (TPSA) is 53.1 Å². The van der Waals surface area contributed by atoms with E-state index in [9.17, 15) is 0 Å². The molecule has 0 bridgehead atoms. The van der Waals surface area contributed by atoms with Crippen molar-refractivity contribution in [1.82, 2.24) is 9.55 Å². The zero-order valence-electron chi connectivity index (χ0n) is 11.1. The lowest BCUT2D eigenvalue weighted by molar-refractivity contribution is 0.127. The average molecular weight is 249 g/mol. The van der Waals surface area contributed by atoms with Gasteiger partial charge in [0.1, 0.15) is 0 Å². The van der Waals surface area contributed by atoms with Gasteiger partial charge in [0.2, 0.25) is 0 Å². The maximum atomic E-state index is 6.43. The summed E-state index contributed by atoms with van der Waals surface area (Å²) in [5, 5.41) is 0. The highest BCUT2D eigenvalue weighted by atomic mass is 16.5. The van der Waals surface area contributed by atoms with E-state index < -0.39 is 0 Å². The van der Waals surface area contributed by atoms with Crippen LogP contribution < -0.4 is 5.73 Å². The molecular weight excluding hydrogens is 226 g/mol. The van der Waals surface area contributed by atoms with E-state index in [2.05, 4.69) is 16.5 Å². The molecule has 1 aromatic rings. The van der Waals surface area contributed by atoms with Gasteiger partial charge in [0.15, 0.2) is 0 Å². The van der Waals surface area contributed by atoms with Gasteiger partial charge in [0.25, 0.3) is 0 Å². The van der Waals surface area contributed by atoms with Gasteiger partial charge in [-0.2, -0.15) is 0 Å². The van der Waals surface area contributed by atoms with Crippen LogP contribution in [-0.4, -0.2) is 22.8 Å². The van der Waals surface area contributed by atoms with E-state index in [0.29, 0.717) is 11.5 Å². The van der Waals surface area contributed by atoms with Crippen molar-refractivity contribution in [3.63, 3.8) is 0 Å². The van der Waals surface area contributed by atoms with E-state index in [-0.39, 0.29) is 6.04 Å². The van der Waals surface area contributed by atoms with Crippen LogP contribution in [0.5, 0.6) is 0 Å². The normalized spacial score (nSPS) is 28.0. The maximum Gasteiger partial charge on any atom is 0.0953 e. The van der Waals surface area contributed by atoms with Crippen LogP contribution >= 0.6 is 0 Å². The number of nitrogens with two attached hydrogens (primary N) is 1. The van der Waals surface area contributed by atoms with Crippen LogP contribution in [0.25, 0.3) is 0 Å². The molecule has 0 aromatic carbocycles. The third kappa shape index (κ3) is 1.79. The van der Waals surface area contributed by atoms with Gasteiger partial charge in [0, 0.05) is 24.3 Å². The lowest BCUT2D eigenvalue weighted by Crippen LogP contribution is -2.42. The number of imidazole rings is 1. The first-order valence-corrected chi connectivity index (χ1v) is 7.13. The molecule has 4 nitrogen and oxygen atoms in total. The first-order valence-electron chi connectivity index (χ1n) is 7.13. The largest absolute Gasteiger partial charge is 0.381 e. The fourth-order valence-corrected chi connectivity index (χ4v) is 3.38. The van der Waals surface area contributed by atoms with Gasteiger partial charge in [-0.1, -0.05) is 6.92 Å². The van der Waals surface area contributed by atoms with Gasteiger partial charge >= 0.3 is 0 Å². The minimum atomic E-state index is 0.0685. The van der Waals surface area contributed by atoms with Gasteiger partial charge in [0.05, 0.1) is 24.7 Å². The summed E-state index contributed by atoms with van der Waals surface area (Å²) in [7, 11) is 0. The molecule has 0 radical (unpaired) electrons. The second kappa shape index (κ2) is 4.67. The number of ether oxygens (including phenoxy) is 1. The predicted molar refractivity (Wildman–Crippen MR) is 70.2 cm³/mol. The fraction of sp³-hybridized carbons (Fsp3) is 0.786. The molecule has 2 aliphatic rings. The summed E-state index contributed by atoms with van der Waals surface area (Å²) in [6, 6.07) is 0.0685. The molecule has 3 rings (SSSR count). The van der Waals surface area contributed by atoms with Gasteiger partial charge in [-0.3, -0.25) is 0 Å². The third-order valence-electron chi connectivity index (χ3n) is 4.93. The minimum absolute atomic E-state index is 0.0685. The van der Waals surface area contributed by atoms with Crippen molar-refractivity contribution >= 4 is 0 Å². The summed E-state index contributed by atoms with van der Waals surface area (Å²) in [5.74, 6) is 0.453. The van der Waals surface area contributed by atoms with E-state index in [0.717, 1.165) is 19.6 Å². The molecule has 2 atom stereocenters. The van der Waals surface area contributed by atoms with Crippen LogP contribution in [0.1, 0.15) is 50.8 Å². The molecule has 0 amide bonds. The summed E-state index contributed by atoms with van der Waals surface area (Å²) < 4.78 is 7.82. The van der Waals surface area contributed by atoms with Crippen molar-refractivity contribution in [3.8, 4) is 0 Å². The Hall–Kier alpha value is -0.870. The number of hydrogen-bond donors (Lipinski definition) is 1. The molecule has 2 heterocycles. The second-order valence-corrected chi connectivity index (χ2v) is 5.77. The Kier molecular flexibility index (Phi) is 3.16. The lowest BCUT2D eigenvalue weighted by atomic mass is 9.74. The summed E-state index contributed by atoms with van der Waals surface area (Å²) in [5.41, 5.74) is 7.93. The molecule has 1 aliphatic heterocycles. The van der Waals surface area contributed by atoms with E-state index >= 15 is 0 Å². The third-order valence-corrected chi connectivity index (χ3v) is 4.93. The highest BCUT2D eigenvalue weighted by molar-refractivity contribution is 5.12. The lowest BCUT2D eigenvalue weighted by Gasteiger charge is -2.44. The van der Waals surface area contributed by atoms with Gasteiger partial charge in [-0.15, -0.1) is 0 Å². The monoisotopic (exact) mass is 249 g/mol. The van der Waals surface area contributed by atoms with Crippen molar-refractivity contribution in [3.05, 3.63) is 18.2 Å². The van der Waals surface area contributed by atoms with Crippen LogP contribution in [0.15, 0.2) is 12.5 Å². The molecule has 1 saturated carbocycles. The van der Waals surface area contributed by atoms with Crippen LogP contribution in [0.3, 0.4) is 0 Å². The summed E-state index contributed by atoms with van der Waals surface area (Å²) >= 11 is 0. The van der Waals surface area contributed by atoms with Crippen molar-refractivity contribution in [2.75, 3.05) is 13.2 Å². The van der Waals surface area contributed by atoms with Crippen molar-refractivity contribution in [1.29, 1.82) is 0 Å². The molecule has 0 spiro atoms. The Morgan fingerprint density at radius 3 is 3.00 bits per heavy atom. The van der Waals surface area contributed by atoms with E-state index in [1.807, 2.05) is 12.5 Å². The van der Waals surface area contributed by atoms with Crippen LogP contribution in [0.2, 0.25) is 0 Å². The van der Waals surface area contributed by atoms with Crippen LogP contribution in [0, 0.1) is 5.92 Å². The Bertz CT molecular complexity index is 399. The van der Waals surface area contributed by atoms with Crippen LogP contribution in [-0.2, 0) is 10.3 Å². The van der Waals surface area contributed by atoms with E-state index in [1.165, 1.54) is 31.4 Å². The number of nitrogens with zero attached hydrogens (tertiary/aromatic N) is 2. The fourth-order valence-electron chi connectivity index (χ4n) is 3.38. The standard InChI is InChI=1S/C14H23N3O/c1-2-14(5-3-6-14)17-10-16-8-12(17)13(15)11-4-7-18-9-11/h8,10-11,13H,2-7,9,15H2,1H3. The molecule has 100 valence electrons. The van der Waals surface area contributed by atoms with Gasteiger partial charge in [-0.25, -0.2) is 4.98 Å². The van der Waals surface area contributed by atoms with Crippen molar-refractivity contribution < 1.29 is 4.74 Å². The first-order chi connectivity index (χ1) is 8.77. The highest BCUT2D eigenvalue weighted by Crippen LogP contribution is 2.44. The zero-order chi connectivity index (χ0) is 12.6. The summed E-state index contributed by atoms with van der Waals surface area (Å²) in [6.45, 7) is 3.92. The smallest absolute Gasteiger partial charge is 0.0953 e. The second-order valence-electron chi connectivity index (χ2n) is 5.77. The van der Waals surface area contributed by atoms with Crippen LogP contribution in [0.4, 0.5) is 0 Å². The molecule has 2 unspecified atom stereocenters. The quantitative estimate of drug-likeness (QED) is 0.890. The Balaban J connectivity index is 1.86. The zero-order valence-corrected chi connectivity index (χ0v) is 11.1. The molecular formula is C14H23N3O. The SMILES string of the molecule is CCC1(n2cncc2C(N)C2CCOC2)CCC1. The van der Waals surface area contributed by atoms with Gasteiger partial charge in [-0.05, 0) is 32.1 Å². The summed E-state index contributed by atoms with van der Waals surface area (Å²) in [6.07, 6.45) is 10.0. The van der Waals surface area contributed by atoms with E-state index in [1.54, 1.807) is 0 Å². The number of hydrogen-bond acceptors (Lipinski definition) is 3. The molecule has 1 saturated heterocycles. The van der Waals surface area contributed by atoms with E-state index in [4.69, 9.17) is 10.5 Å².